The van der Waals surface area contributed by atoms with E-state index in [0.29, 0.717) is 35.7 Å². The smallest absolute Gasteiger partial charge is 0.295 e. The van der Waals surface area contributed by atoms with E-state index in [0.717, 1.165) is 0 Å². The minimum Gasteiger partial charge on any atom is -0.507 e. The second-order valence-electron chi connectivity index (χ2n) is 7.15. The summed E-state index contributed by atoms with van der Waals surface area (Å²) in [5, 5.41) is 11.3. The number of ether oxygens (including phenoxy) is 1. The summed E-state index contributed by atoms with van der Waals surface area (Å²) < 4.78 is 5.56. The van der Waals surface area contributed by atoms with Gasteiger partial charge in [-0.05, 0) is 31.9 Å². The summed E-state index contributed by atoms with van der Waals surface area (Å²) in [6, 6.07) is 15.1. The zero-order chi connectivity index (χ0) is 21.0. The van der Waals surface area contributed by atoms with E-state index < -0.39 is 17.7 Å². The predicted octanol–water partition coefficient (Wildman–Crippen LogP) is 4.58. The van der Waals surface area contributed by atoms with E-state index in [1.54, 1.807) is 48.5 Å². The normalized spacial score (nSPS) is 18.6. The van der Waals surface area contributed by atoms with Gasteiger partial charge in [0.1, 0.15) is 5.76 Å². The third kappa shape index (κ3) is 4.52. The predicted molar refractivity (Wildman–Crippen MR) is 113 cm³/mol. The van der Waals surface area contributed by atoms with Crippen LogP contribution in [0.5, 0.6) is 0 Å². The summed E-state index contributed by atoms with van der Waals surface area (Å²) in [6.07, 6.45) is 0.653. The highest BCUT2D eigenvalue weighted by atomic mass is 35.5. The van der Waals surface area contributed by atoms with Crippen molar-refractivity contribution in [3.05, 3.63) is 76.3 Å². The molecule has 1 atom stereocenters. The number of hydrogen-bond donors (Lipinski definition) is 1. The molecule has 6 heteroatoms. The lowest BCUT2D eigenvalue weighted by atomic mass is 9.95. The molecule has 152 valence electrons. The number of ketones is 1. The molecular formula is C23H24ClNO4. The number of rotatable bonds is 7. The molecule has 1 amide bonds. The van der Waals surface area contributed by atoms with Gasteiger partial charge in [0, 0.05) is 23.7 Å². The summed E-state index contributed by atoms with van der Waals surface area (Å²) in [4.78, 5) is 27.2. The Morgan fingerprint density at radius 2 is 1.76 bits per heavy atom. The quantitative estimate of drug-likeness (QED) is 0.312. The van der Waals surface area contributed by atoms with E-state index in [2.05, 4.69) is 0 Å². The van der Waals surface area contributed by atoms with E-state index in [9.17, 15) is 14.7 Å². The largest absolute Gasteiger partial charge is 0.507 e. The molecule has 0 bridgehead atoms. The van der Waals surface area contributed by atoms with Gasteiger partial charge in [0.15, 0.2) is 0 Å². The van der Waals surface area contributed by atoms with Crippen molar-refractivity contribution in [3.8, 4) is 0 Å². The Hall–Kier alpha value is -2.63. The molecule has 0 saturated carbocycles. The van der Waals surface area contributed by atoms with Crippen molar-refractivity contribution in [2.24, 2.45) is 0 Å². The highest BCUT2D eigenvalue weighted by Gasteiger charge is 2.46. The summed E-state index contributed by atoms with van der Waals surface area (Å²) in [5.41, 5.74) is 1.14. The van der Waals surface area contributed by atoms with Crippen molar-refractivity contribution in [2.45, 2.75) is 32.4 Å². The van der Waals surface area contributed by atoms with Crippen LogP contribution in [0.25, 0.3) is 5.76 Å². The van der Waals surface area contributed by atoms with Crippen molar-refractivity contribution in [1.29, 1.82) is 0 Å². The number of Topliss-reactive ketones (excluding diaryl/α,β-unsaturated/α-hetero) is 1. The van der Waals surface area contributed by atoms with Crippen LogP contribution in [0.1, 0.15) is 37.4 Å². The van der Waals surface area contributed by atoms with E-state index in [-0.39, 0.29) is 17.4 Å². The third-order valence-electron chi connectivity index (χ3n) is 4.78. The fourth-order valence-electron chi connectivity index (χ4n) is 3.44. The maximum absolute atomic E-state index is 12.9. The highest BCUT2D eigenvalue weighted by molar-refractivity contribution is 6.47. The topological polar surface area (TPSA) is 66.8 Å². The lowest BCUT2D eigenvalue weighted by Crippen LogP contribution is -2.31. The van der Waals surface area contributed by atoms with Gasteiger partial charge >= 0.3 is 0 Å². The average Bonchev–Trinajstić information content (AvgIpc) is 2.96. The van der Waals surface area contributed by atoms with Crippen molar-refractivity contribution < 1.29 is 19.4 Å². The number of aliphatic hydroxyl groups excluding tert-OH is 1. The summed E-state index contributed by atoms with van der Waals surface area (Å²) in [6.45, 7) is 4.67. The van der Waals surface area contributed by atoms with Crippen molar-refractivity contribution in [3.63, 3.8) is 0 Å². The molecule has 0 unspecified atom stereocenters. The molecule has 1 N–H and O–H groups in total. The first-order valence-corrected chi connectivity index (χ1v) is 9.99. The van der Waals surface area contributed by atoms with Gasteiger partial charge in [-0.1, -0.05) is 60.1 Å². The van der Waals surface area contributed by atoms with Gasteiger partial charge < -0.3 is 14.7 Å². The van der Waals surface area contributed by atoms with Crippen molar-refractivity contribution in [2.75, 3.05) is 13.2 Å². The maximum atomic E-state index is 12.9. The number of nitrogens with zero attached hydrogens (tertiary/aromatic N) is 1. The molecule has 0 spiro atoms. The average molecular weight is 414 g/mol. The summed E-state index contributed by atoms with van der Waals surface area (Å²) >= 11 is 6.41. The van der Waals surface area contributed by atoms with Crippen LogP contribution >= 0.6 is 11.6 Å². The number of carbonyl (C=O) groups is 2. The van der Waals surface area contributed by atoms with Gasteiger partial charge in [-0.25, -0.2) is 0 Å². The Bertz CT molecular complexity index is 923. The Balaban J connectivity index is 2.04. The first-order chi connectivity index (χ1) is 13.9. The van der Waals surface area contributed by atoms with Crippen LogP contribution in [0.4, 0.5) is 0 Å². The molecule has 0 radical (unpaired) electrons. The van der Waals surface area contributed by atoms with Crippen LogP contribution in [0.2, 0.25) is 5.02 Å². The maximum Gasteiger partial charge on any atom is 0.295 e. The first kappa shape index (κ1) is 21.1. The zero-order valence-electron chi connectivity index (χ0n) is 16.5. The standard InChI is InChI=1S/C23H24ClNO4/c1-15(2)29-14-8-13-25-20(17-11-6-7-12-18(17)24)19(22(27)23(25)28)21(26)16-9-4-3-5-10-16/h3-7,9-12,15,20,26H,8,13-14H2,1-2H3/t20-/m1/s1. The van der Waals surface area contributed by atoms with Gasteiger partial charge in [-0.2, -0.15) is 0 Å². The fraction of sp³-hybridized carbons (Fsp3) is 0.304. The monoisotopic (exact) mass is 413 g/mol. The van der Waals surface area contributed by atoms with Gasteiger partial charge in [0.2, 0.25) is 0 Å². The molecule has 2 aromatic carbocycles. The van der Waals surface area contributed by atoms with Crippen LogP contribution in [-0.4, -0.2) is 41.0 Å². The molecule has 5 nitrogen and oxygen atoms in total. The fourth-order valence-corrected chi connectivity index (χ4v) is 3.68. The molecule has 1 heterocycles. The van der Waals surface area contributed by atoms with Gasteiger partial charge in [0.05, 0.1) is 17.7 Å². The van der Waals surface area contributed by atoms with Crippen LogP contribution in [0, 0.1) is 0 Å². The van der Waals surface area contributed by atoms with E-state index in [4.69, 9.17) is 16.3 Å². The van der Waals surface area contributed by atoms with E-state index >= 15 is 0 Å². The number of likely N-dealkylation sites (tertiary alicyclic amines) is 1. The molecule has 1 fully saturated rings. The molecule has 2 aromatic rings. The molecular weight excluding hydrogens is 390 g/mol. The SMILES string of the molecule is CC(C)OCCCN1C(=O)C(=O)C(=C(O)c2ccccc2)[C@H]1c1ccccc1Cl. The van der Waals surface area contributed by atoms with E-state index in [1.807, 2.05) is 19.9 Å². The minimum absolute atomic E-state index is 0.0547. The number of carbonyl (C=O) groups excluding carboxylic acids is 2. The number of amides is 1. The lowest BCUT2D eigenvalue weighted by Gasteiger charge is -2.26. The van der Waals surface area contributed by atoms with Crippen LogP contribution in [-0.2, 0) is 14.3 Å². The number of hydrogen-bond acceptors (Lipinski definition) is 4. The van der Waals surface area contributed by atoms with Crippen LogP contribution in [0.3, 0.4) is 0 Å². The molecule has 1 saturated heterocycles. The molecule has 3 rings (SSSR count). The molecule has 1 aliphatic heterocycles. The van der Waals surface area contributed by atoms with Crippen LogP contribution < -0.4 is 0 Å². The molecule has 29 heavy (non-hydrogen) atoms. The summed E-state index contributed by atoms with van der Waals surface area (Å²) in [7, 11) is 0. The highest BCUT2D eigenvalue weighted by Crippen LogP contribution is 2.41. The molecule has 0 aliphatic carbocycles. The van der Waals surface area contributed by atoms with Gasteiger partial charge in [-0.3, -0.25) is 9.59 Å². The second kappa shape index (κ2) is 9.25. The Morgan fingerprint density at radius 3 is 2.41 bits per heavy atom. The zero-order valence-corrected chi connectivity index (χ0v) is 17.2. The van der Waals surface area contributed by atoms with Gasteiger partial charge in [-0.15, -0.1) is 0 Å². The Kier molecular flexibility index (Phi) is 6.72. The number of aliphatic hydroxyl groups is 1. The lowest BCUT2D eigenvalue weighted by molar-refractivity contribution is -0.140. The minimum atomic E-state index is -0.747. The first-order valence-electron chi connectivity index (χ1n) is 9.61. The third-order valence-corrected chi connectivity index (χ3v) is 5.13. The molecule has 0 aromatic heterocycles. The van der Waals surface area contributed by atoms with Crippen molar-refractivity contribution in [1.82, 2.24) is 4.90 Å². The number of halogens is 1. The van der Waals surface area contributed by atoms with Crippen molar-refractivity contribution >= 4 is 29.1 Å². The van der Waals surface area contributed by atoms with Gasteiger partial charge in [0.25, 0.3) is 11.7 Å². The summed E-state index contributed by atoms with van der Waals surface area (Å²) in [5.74, 6) is -1.55. The van der Waals surface area contributed by atoms with E-state index in [1.165, 1.54) is 4.90 Å². The number of benzene rings is 2. The second-order valence-corrected chi connectivity index (χ2v) is 7.56. The van der Waals surface area contributed by atoms with Crippen LogP contribution in [0.15, 0.2) is 60.2 Å². The Morgan fingerprint density at radius 1 is 1.10 bits per heavy atom. The molecule has 1 aliphatic rings. The Labute approximate surface area is 175 Å².